The molecule has 0 spiro atoms. The molecule has 2 N–H and O–H groups in total. The number of nitrogens with one attached hydrogen (secondary N) is 2. The zero-order valence-electron chi connectivity index (χ0n) is 13.1. The van der Waals surface area contributed by atoms with Crippen LogP contribution in [0.2, 0.25) is 0 Å². The van der Waals surface area contributed by atoms with Gasteiger partial charge in [-0.2, -0.15) is 0 Å². The molecule has 7 heteroatoms. The largest absolute Gasteiger partial charge is 0.352 e. The van der Waals surface area contributed by atoms with Crippen molar-refractivity contribution in [3.05, 3.63) is 0 Å². The van der Waals surface area contributed by atoms with Crippen molar-refractivity contribution < 1.29 is 9.59 Å². The molecule has 3 rings (SSSR count). The Bertz CT molecular complexity index is 397. The van der Waals surface area contributed by atoms with Crippen LogP contribution >= 0.6 is 12.4 Å². The number of hydrogen-bond acceptors (Lipinski definition) is 4. The first-order valence-electron chi connectivity index (χ1n) is 8.27. The molecule has 3 aliphatic rings. The lowest BCUT2D eigenvalue weighted by Crippen LogP contribution is -2.48. The van der Waals surface area contributed by atoms with Gasteiger partial charge in [0.1, 0.15) is 0 Å². The first-order valence-corrected chi connectivity index (χ1v) is 8.27. The molecule has 6 nitrogen and oxygen atoms in total. The van der Waals surface area contributed by atoms with Crippen LogP contribution in [0.1, 0.15) is 32.1 Å². The van der Waals surface area contributed by atoms with Crippen LogP contribution in [0.5, 0.6) is 0 Å². The van der Waals surface area contributed by atoms with E-state index in [0.717, 1.165) is 58.4 Å². The van der Waals surface area contributed by atoms with Gasteiger partial charge in [-0.15, -0.1) is 12.4 Å². The van der Waals surface area contributed by atoms with Crippen LogP contribution in [0.3, 0.4) is 0 Å². The van der Waals surface area contributed by atoms with E-state index >= 15 is 0 Å². The molecule has 0 aromatic rings. The maximum atomic E-state index is 12.2. The number of halogens is 1. The molecule has 2 saturated heterocycles. The van der Waals surface area contributed by atoms with Crippen molar-refractivity contribution in [1.29, 1.82) is 0 Å². The van der Waals surface area contributed by atoms with Crippen molar-refractivity contribution in [3.63, 3.8) is 0 Å². The summed E-state index contributed by atoms with van der Waals surface area (Å²) in [6.45, 7) is 5.06. The molecule has 1 unspecified atom stereocenters. The zero-order valence-corrected chi connectivity index (χ0v) is 13.9. The van der Waals surface area contributed by atoms with E-state index in [1.807, 2.05) is 4.90 Å². The van der Waals surface area contributed by atoms with Crippen LogP contribution in [-0.2, 0) is 9.59 Å². The molecule has 22 heavy (non-hydrogen) atoms. The Morgan fingerprint density at radius 3 is 2.50 bits per heavy atom. The SMILES string of the molecule is Cl.O=C(NC1CC1)C1CCCN1CCC(=O)N1CCNCC1. The van der Waals surface area contributed by atoms with Crippen LogP contribution in [0, 0.1) is 0 Å². The van der Waals surface area contributed by atoms with Gasteiger partial charge < -0.3 is 15.5 Å². The molecule has 0 aromatic carbocycles. The van der Waals surface area contributed by atoms with Crippen molar-refractivity contribution in [2.45, 2.75) is 44.2 Å². The van der Waals surface area contributed by atoms with Crippen molar-refractivity contribution >= 4 is 24.2 Å². The second-order valence-electron chi connectivity index (χ2n) is 6.36. The molecule has 3 fully saturated rings. The van der Waals surface area contributed by atoms with Gasteiger partial charge in [0.25, 0.3) is 0 Å². The Hall–Kier alpha value is -0.850. The number of carbonyl (C=O) groups is 2. The first kappa shape index (κ1) is 17.5. The summed E-state index contributed by atoms with van der Waals surface area (Å²) in [4.78, 5) is 28.5. The second kappa shape index (κ2) is 8.13. The Morgan fingerprint density at radius 2 is 1.82 bits per heavy atom. The Labute approximate surface area is 138 Å². The fourth-order valence-electron chi connectivity index (χ4n) is 3.23. The van der Waals surface area contributed by atoms with Crippen LogP contribution in [0.15, 0.2) is 0 Å². The maximum absolute atomic E-state index is 12.2. The van der Waals surface area contributed by atoms with Gasteiger partial charge in [0.2, 0.25) is 11.8 Å². The fraction of sp³-hybridized carbons (Fsp3) is 0.867. The Morgan fingerprint density at radius 1 is 1.09 bits per heavy atom. The number of carbonyl (C=O) groups excluding carboxylic acids is 2. The third-order valence-electron chi connectivity index (χ3n) is 4.67. The minimum Gasteiger partial charge on any atom is -0.352 e. The normalized spacial score (nSPS) is 25.6. The standard InChI is InChI=1S/C15H26N4O2.ClH/c20-14(19-10-6-16-7-11-19)5-9-18-8-1-2-13(18)15(21)17-12-3-4-12;/h12-13,16H,1-11H2,(H,17,21);1H. The van der Waals surface area contributed by atoms with E-state index in [4.69, 9.17) is 0 Å². The minimum atomic E-state index is -0.0126. The molecular formula is C15H27ClN4O2. The molecule has 2 heterocycles. The number of rotatable bonds is 5. The van der Waals surface area contributed by atoms with Crippen molar-refractivity contribution in [2.75, 3.05) is 39.3 Å². The lowest BCUT2D eigenvalue weighted by Gasteiger charge is -2.29. The topological polar surface area (TPSA) is 64.7 Å². The van der Waals surface area contributed by atoms with Gasteiger partial charge >= 0.3 is 0 Å². The summed E-state index contributed by atoms with van der Waals surface area (Å²) < 4.78 is 0. The van der Waals surface area contributed by atoms with E-state index < -0.39 is 0 Å². The molecule has 2 aliphatic heterocycles. The highest BCUT2D eigenvalue weighted by Gasteiger charge is 2.34. The average molecular weight is 331 g/mol. The van der Waals surface area contributed by atoms with E-state index in [9.17, 15) is 9.59 Å². The van der Waals surface area contributed by atoms with E-state index in [1.165, 1.54) is 0 Å². The molecule has 0 radical (unpaired) electrons. The third kappa shape index (κ3) is 4.57. The summed E-state index contributed by atoms with van der Waals surface area (Å²) in [6.07, 6.45) is 4.78. The third-order valence-corrected chi connectivity index (χ3v) is 4.67. The number of amides is 2. The van der Waals surface area contributed by atoms with Gasteiger partial charge in [-0.25, -0.2) is 0 Å². The number of likely N-dealkylation sites (tertiary alicyclic amines) is 1. The molecule has 0 bridgehead atoms. The predicted octanol–water partition coefficient (Wildman–Crippen LogP) is -0.0269. The number of hydrogen-bond donors (Lipinski definition) is 2. The highest BCUT2D eigenvalue weighted by atomic mass is 35.5. The summed E-state index contributed by atoms with van der Waals surface area (Å²) >= 11 is 0. The molecule has 1 aliphatic carbocycles. The van der Waals surface area contributed by atoms with Crippen LogP contribution < -0.4 is 10.6 Å². The van der Waals surface area contributed by atoms with Crippen molar-refractivity contribution in [2.24, 2.45) is 0 Å². The summed E-state index contributed by atoms with van der Waals surface area (Å²) in [6, 6.07) is 0.406. The van der Waals surface area contributed by atoms with Gasteiger partial charge in [-0.3, -0.25) is 14.5 Å². The van der Waals surface area contributed by atoms with E-state index in [-0.39, 0.29) is 30.3 Å². The molecular weight excluding hydrogens is 304 g/mol. The average Bonchev–Trinajstić information content (AvgIpc) is 3.19. The molecule has 1 atom stereocenters. The highest BCUT2D eigenvalue weighted by Crippen LogP contribution is 2.22. The number of piperazine rings is 1. The smallest absolute Gasteiger partial charge is 0.237 e. The maximum Gasteiger partial charge on any atom is 0.237 e. The summed E-state index contributed by atoms with van der Waals surface area (Å²) in [7, 11) is 0. The number of nitrogens with zero attached hydrogens (tertiary/aromatic N) is 2. The van der Waals surface area contributed by atoms with E-state index in [0.29, 0.717) is 19.0 Å². The van der Waals surface area contributed by atoms with Gasteiger partial charge in [0.05, 0.1) is 6.04 Å². The molecule has 2 amide bonds. The Balaban J connectivity index is 0.00000176. The monoisotopic (exact) mass is 330 g/mol. The summed E-state index contributed by atoms with van der Waals surface area (Å²) in [5.41, 5.74) is 0. The summed E-state index contributed by atoms with van der Waals surface area (Å²) in [5, 5.41) is 6.35. The summed E-state index contributed by atoms with van der Waals surface area (Å²) in [5.74, 6) is 0.398. The lowest BCUT2D eigenvalue weighted by atomic mass is 10.2. The van der Waals surface area contributed by atoms with Crippen molar-refractivity contribution in [1.82, 2.24) is 20.4 Å². The zero-order chi connectivity index (χ0) is 14.7. The quantitative estimate of drug-likeness (QED) is 0.743. The van der Waals surface area contributed by atoms with E-state index in [1.54, 1.807) is 0 Å². The fourth-order valence-corrected chi connectivity index (χ4v) is 3.23. The Kier molecular flexibility index (Phi) is 6.47. The van der Waals surface area contributed by atoms with E-state index in [2.05, 4.69) is 15.5 Å². The minimum absolute atomic E-state index is 0. The predicted molar refractivity (Wildman–Crippen MR) is 87.1 cm³/mol. The van der Waals surface area contributed by atoms with Crippen molar-refractivity contribution in [3.8, 4) is 0 Å². The molecule has 126 valence electrons. The van der Waals surface area contributed by atoms with Crippen LogP contribution in [0.25, 0.3) is 0 Å². The van der Waals surface area contributed by atoms with Gasteiger partial charge in [-0.1, -0.05) is 0 Å². The highest BCUT2D eigenvalue weighted by molar-refractivity contribution is 5.85. The van der Waals surface area contributed by atoms with Crippen LogP contribution in [0.4, 0.5) is 0 Å². The lowest BCUT2D eigenvalue weighted by molar-refractivity contribution is -0.133. The molecule has 1 saturated carbocycles. The van der Waals surface area contributed by atoms with Gasteiger partial charge in [-0.05, 0) is 32.2 Å². The molecule has 0 aromatic heterocycles. The van der Waals surface area contributed by atoms with Gasteiger partial charge in [0, 0.05) is 45.2 Å². The van der Waals surface area contributed by atoms with Crippen LogP contribution in [-0.4, -0.2) is 73.0 Å². The van der Waals surface area contributed by atoms with Gasteiger partial charge in [0.15, 0.2) is 0 Å². The first-order chi connectivity index (χ1) is 10.2. The second-order valence-corrected chi connectivity index (χ2v) is 6.36.